The third-order valence-electron chi connectivity index (χ3n) is 26.6. The SMILES string of the molecule is Cc1cc(C)c(N2c3ncc(C)cc3CCCc3cc(C)cnc32)c(C)c1.Cc1cc(C)c(N2c3ncc(C)cc3COc3cc(C)cnc32)c(C)c1.Cc1cnc2c(c1)C=Cc1cc(C)cnc1N2c1c(C)cc(C(C)(C)C)cc1C.Cc1cnc2c(c1)CCc1cc(C)cnc1N2c1c(C)cc(C(C)(C)C)cc1C.Cc1cnc2c(c1)N=Nc1cc(C)cnc1N2c1c(C)cc(C(C)(C)C)cc1C. The highest BCUT2D eigenvalue weighted by Gasteiger charge is 2.36. The van der Waals surface area contributed by atoms with E-state index >= 15 is 0 Å². The second kappa shape index (κ2) is 39.6. The van der Waals surface area contributed by atoms with Crippen LogP contribution < -0.4 is 29.2 Å². The standard InChI is InChI=1S/C26H31N3.C26H29N3.C24H27N5.C24H27N3.C22H23N3O/c2*1-16-10-20-8-9-21-11-17(2)15-28-25(21)29(24(20)27-14-16)23-18(3)12-22(13-19(23)4)26(5,6)7;1-14-8-19-22(25-12-14)29(23-20(28-27-19)9-15(2)13-26-23)21-16(3)10-18(11-17(21)4)24(5,6)7;1-15-9-18(4)22(19(5)10-15)27-23-20(11-16(2)13-25-23)7-6-8-21-12-17(3)14-26-24(21)27;1-13-6-16(4)20(17(5)7-13)25-21-18(8-14(2)10-23-21)12-26-19-9-15(3)11-24-22(19)25/h10-15H,8-9H2,1-7H3;8-15H,1-7H3;8-13H,1-7H3;9-14H,6-8H2,1-5H3;6-11H,12H2,1-5H3. The molecule has 0 bridgehead atoms. The van der Waals surface area contributed by atoms with E-state index in [2.05, 4.69) is 344 Å². The number of anilines is 15. The first-order valence-corrected chi connectivity index (χ1v) is 49.2. The van der Waals surface area contributed by atoms with Crippen molar-refractivity contribution in [2.75, 3.05) is 24.5 Å². The van der Waals surface area contributed by atoms with Gasteiger partial charge in [-0.25, -0.2) is 49.8 Å². The van der Waals surface area contributed by atoms with Gasteiger partial charge in [-0.3, -0.25) is 24.5 Å². The summed E-state index contributed by atoms with van der Waals surface area (Å²) in [6.07, 6.45) is 28.8. The van der Waals surface area contributed by atoms with Crippen LogP contribution in [0, 0.1) is 152 Å². The van der Waals surface area contributed by atoms with E-state index in [0.29, 0.717) is 6.61 Å². The van der Waals surface area contributed by atoms with Crippen LogP contribution in [0.1, 0.15) is 247 Å². The van der Waals surface area contributed by atoms with Crippen molar-refractivity contribution in [3.63, 3.8) is 0 Å². The molecule has 0 saturated carbocycles. The zero-order valence-corrected chi connectivity index (χ0v) is 88.2. The second-order valence-corrected chi connectivity index (χ2v) is 42.8. The Morgan fingerprint density at radius 3 is 0.743 bits per heavy atom. The predicted octanol–water partition coefficient (Wildman–Crippen LogP) is 32.1. The van der Waals surface area contributed by atoms with Gasteiger partial charge in [0.15, 0.2) is 23.2 Å². The fraction of sp³-hybridized carbons (Fsp3) is 0.328. The summed E-state index contributed by atoms with van der Waals surface area (Å²) in [5, 5.41) is 9.01. The summed E-state index contributed by atoms with van der Waals surface area (Å²) in [6.45, 7) is 67.6. The molecule has 0 aliphatic carbocycles. The van der Waals surface area contributed by atoms with E-state index in [1.54, 1.807) is 0 Å². The topological polar surface area (TPSA) is 179 Å². The molecule has 10 aromatic heterocycles. The summed E-state index contributed by atoms with van der Waals surface area (Å²) in [5.74, 6) is 9.91. The van der Waals surface area contributed by atoms with Crippen molar-refractivity contribution >= 4 is 110 Å². The van der Waals surface area contributed by atoms with Gasteiger partial charge < -0.3 is 4.74 Å². The Hall–Kier alpha value is -14.3. The van der Waals surface area contributed by atoms with Crippen LogP contribution in [0.2, 0.25) is 0 Å². The number of benzene rings is 5. The fourth-order valence-corrected chi connectivity index (χ4v) is 20.2. The van der Waals surface area contributed by atoms with Crippen molar-refractivity contribution in [3.05, 3.63) is 361 Å². The maximum atomic E-state index is 6.12. The average Bonchev–Trinajstić information content (AvgIpc) is 0.913. The number of hydrogen-bond acceptors (Lipinski definition) is 18. The molecule has 0 fully saturated rings. The normalized spacial score (nSPS) is 13.3. The molecule has 716 valence electrons. The molecule has 140 heavy (non-hydrogen) atoms. The Morgan fingerprint density at radius 2 is 0.436 bits per heavy atom. The van der Waals surface area contributed by atoms with E-state index in [1.165, 1.54) is 139 Å². The predicted molar refractivity (Wildman–Crippen MR) is 581 cm³/mol. The van der Waals surface area contributed by atoms with E-state index in [1.807, 2.05) is 101 Å². The minimum atomic E-state index is 0.0814. The van der Waals surface area contributed by atoms with Gasteiger partial charge in [-0.1, -0.05) is 171 Å². The molecule has 15 heterocycles. The summed E-state index contributed by atoms with van der Waals surface area (Å²) in [4.78, 5) is 59.3. The van der Waals surface area contributed by atoms with E-state index in [-0.39, 0.29) is 16.2 Å². The molecule has 0 radical (unpaired) electrons. The van der Waals surface area contributed by atoms with Gasteiger partial charge in [0, 0.05) is 78.7 Å². The Balaban J connectivity index is 0.000000126. The summed E-state index contributed by atoms with van der Waals surface area (Å²) < 4.78 is 6.12. The van der Waals surface area contributed by atoms with Crippen molar-refractivity contribution in [1.29, 1.82) is 0 Å². The Kier molecular flexibility index (Phi) is 27.9. The number of fused-ring (bicyclic) bond motifs is 10. The summed E-state index contributed by atoms with van der Waals surface area (Å²) in [5.41, 5.74) is 46.3. The first-order valence-electron chi connectivity index (χ1n) is 49.2. The van der Waals surface area contributed by atoms with E-state index in [4.69, 9.17) is 54.6 Å². The van der Waals surface area contributed by atoms with E-state index in [9.17, 15) is 0 Å². The lowest BCUT2D eigenvalue weighted by molar-refractivity contribution is 0.309. The highest BCUT2D eigenvalue weighted by molar-refractivity contribution is 5.93. The van der Waals surface area contributed by atoms with Gasteiger partial charge in [-0.2, -0.15) is 0 Å². The molecule has 0 atom stereocenters. The molecule has 18 nitrogen and oxygen atoms in total. The smallest absolute Gasteiger partial charge is 0.181 e. The van der Waals surface area contributed by atoms with Crippen LogP contribution in [0.3, 0.4) is 0 Å². The van der Waals surface area contributed by atoms with E-state index in [0.717, 1.165) is 175 Å². The van der Waals surface area contributed by atoms with Crippen molar-refractivity contribution in [2.24, 2.45) is 10.2 Å². The number of ether oxygens (including phenoxy) is 1. The van der Waals surface area contributed by atoms with Gasteiger partial charge in [0.05, 0.1) is 28.4 Å². The number of rotatable bonds is 5. The zero-order chi connectivity index (χ0) is 100. The van der Waals surface area contributed by atoms with Crippen LogP contribution in [-0.4, -0.2) is 49.8 Å². The first kappa shape index (κ1) is 98.8. The molecule has 18 heteroatoms. The lowest BCUT2D eigenvalue weighted by atomic mass is 9.84. The highest BCUT2D eigenvalue weighted by Crippen LogP contribution is 2.53. The molecule has 5 aliphatic heterocycles. The van der Waals surface area contributed by atoms with Gasteiger partial charge in [-0.05, 0) is 387 Å². The molecule has 0 N–H and O–H groups in total. The molecular weight excluding hydrogens is 1720 g/mol. The first-order chi connectivity index (χ1) is 66.3. The number of pyridine rings is 10. The van der Waals surface area contributed by atoms with Gasteiger partial charge in [0.25, 0.3) is 0 Å². The van der Waals surface area contributed by atoms with Crippen molar-refractivity contribution < 1.29 is 4.74 Å². The molecule has 0 unspecified atom stereocenters. The van der Waals surface area contributed by atoms with Crippen molar-refractivity contribution in [3.8, 4) is 5.75 Å². The molecule has 0 spiro atoms. The van der Waals surface area contributed by atoms with Crippen molar-refractivity contribution in [2.45, 2.75) is 270 Å². The third kappa shape index (κ3) is 20.7. The minimum Gasteiger partial charge on any atom is -0.485 e. The van der Waals surface area contributed by atoms with Crippen LogP contribution in [0.4, 0.5) is 98.0 Å². The zero-order valence-electron chi connectivity index (χ0n) is 88.2. The second-order valence-electron chi connectivity index (χ2n) is 42.8. The molecule has 5 aliphatic rings. The Bertz CT molecular complexity index is 6760. The van der Waals surface area contributed by atoms with Crippen LogP contribution in [0.25, 0.3) is 12.2 Å². The molecule has 20 rings (SSSR count). The lowest BCUT2D eigenvalue weighted by Crippen LogP contribution is -2.21. The lowest BCUT2D eigenvalue weighted by Gasteiger charge is -2.32. The van der Waals surface area contributed by atoms with Crippen LogP contribution in [-0.2, 0) is 48.5 Å². The molecule has 5 aromatic carbocycles. The summed E-state index contributed by atoms with van der Waals surface area (Å²) >= 11 is 0. The number of aryl methyl sites for hydroxylation is 26. The monoisotopic (exact) mass is 1860 g/mol. The fourth-order valence-electron chi connectivity index (χ4n) is 20.2. The Morgan fingerprint density at radius 1 is 0.214 bits per heavy atom. The van der Waals surface area contributed by atoms with Gasteiger partial charge in [-0.15, -0.1) is 10.2 Å². The molecule has 0 amide bonds. The number of hydrogen-bond donors (Lipinski definition) is 0. The van der Waals surface area contributed by atoms with E-state index < -0.39 is 0 Å². The maximum Gasteiger partial charge on any atom is 0.181 e. The van der Waals surface area contributed by atoms with Crippen LogP contribution in [0.15, 0.2) is 194 Å². The van der Waals surface area contributed by atoms with Gasteiger partial charge >= 0.3 is 0 Å². The maximum absolute atomic E-state index is 6.12. The van der Waals surface area contributed by atoms with Crippen LogP contribution in [0.5, 0.6) is 5.75 Å². The van der Waals surface area contributed by atoms with Gasteiger partial charge in [0.1, 0.15) is 58.7 Å². The van der Waals surface area contributed by atoms with Crippen LogP contribution >= 0.6 is 0 Å². The third-order valence-corrected chi connectivity index (χ3v) is 26.6. The Labute approximate surface area is 830 Å². The molecule has 15 aromatic rings. The molecular formula is C122H137N17O. The van der Waals surface area contributed by atoms with Crippen molar-refractivity contribution in [1.82, 2.24) is 49.8 Å². The average molecular weight is 1860 g/mol. The summed E-state index contributed by atoms with van der Waals surface area (Å²) in [7, 11) is 0. The highest BCUT2D eigenvalue weighted by atomic mass is 16.5. The number of azo groups is 1. The molecule has 0 saturated heterocycles. The number of nitrogens with zero attached hydrogens (tertiary/aromatic N) is 17. The number of aromatic nitrogens is 10. The quantitative estimate of drug-likeness (QED) is 0.159. The minimum absolute atomic E-state index is 0.0814. The largest absolute Gasteiger partial charge is 0.485 e. The van der Waals surface area contributed by atoms with Gasteiger partial charge in [0.2, 0.25) is 0 Å². The summed E-state index contributed by atoms with van der Waals surface area (Å²) in [6, 6.07) is 44.5.